The molecular formula is C12H12N6O2. The Balaban J connectivity index is 1.70. The molecule has 3 aromatic rings. The molecule has 0 spiro atoms. The summed E-state index contributed by atoms with van der Waals surface area (Å²) in [6.07, 6.45) is 6.85. The van der Waals surface area contributed by atoms with Gasteiger partial charge in [0.1, 0.15) is 0 Å². The number of morpholine rings is 1. The highest BCUT2D eigenvalue weighted by Crippen LogP contribution is 2.23. The predicted molar refractivity (Wildman–Crippen MR) is 67.8 cm³/mol. The number of hydrogen-bond acceptors (Lipinski definition) is 7. The van der Waals surface area contributed by atoms with Crippen molar-refractivity contribution < 1.29 is 9.26 Å². The van der Waals surface area contributed by atoms with Crippen molar-refractivity contribution in [3.63, 3.8) is 0 Å². The van der Waals surface area contributed by atoms with Crippen molar-refractivity contribution in [2.45, 2.75) is 6.04 Å². The molecule has 1 unspecified atom stereocenters. The second kappa shape index (κ2) is 4.66. The van der Waals surface area contributed by atoms with Crippen LogP contribution in [0.5, 0.6) is 0 Å². The van der Waals surface area contributed by atoms with E-state index in [0.717, 1.165) is 17.6 Å². The van der Waals surface area contributed by atoms with Crippen molar-refractivity contribution >= 4 is 5.52 Å². The molecule has 0 aliphatic carbocycles. The molecule has 8 heteroatoms. The van der Waals surface area contributed by atoms with Gasteiger partial charge in [0, 0.05) is 18.9 Å². The zero-order chi connectivity index (χ0) is 13.4. The van der Waals surface area contributed by atoms with Crippen LogP contribution in [0.15, 0.2) is 29.3 Å². The third-order valence-corrected chi connectivity index (χ3v) is 3.23. The lowest BCUT2D eigenvalue weighted by Gasteiger charge is -2.20. The number of ether oxygens (including phenoxy) is 1. The fraction of sp³-hybridized carbons (Fsp3) is 0.333. The summed E-state index contributed by atoms with van der Waals surface area (Å²) in [4.78, 5) is 8.51. The number of hydrogen-bond donors (Lipinski definition) is 1. The zero-order valence-corrected chi connectivity index (χ0v) is 10.6. The van der Waals surface area contributed by atoms with Gasteiger partial charge < -0.3 is 14.6 Å². The monoisotopic (exact) mass is 272 g/mol. The molecule has 102 valence electrons. The zero-order valence-electron chi connectivity index (χ0n) is 10.6. The first-order valence-electron chi connectivity index (χ1n) is 6.34. The van der Waals surface area contributed by atoms with E-state index in [4.69, 9.17) is 9.26 Å². The molecule has 0 saturated carbocycles. The predicted octanol–water partition coefficient (Wildman–Crippen LogP) is 0.440. The van der Waals surface area contributed by atoms with Gasteiger partial charge in [-0.3, -0.25) is 4.98 Å². The molecule has 8 nitrogen and oxygen atoms in total. The lowest BCUT2D eigenvalue weighted by molar-refractivity contribution is 0.0734. The number of rotatable bonds is 2. The minimum absolute atomic E-state index is 0.0267. The summed E-state index contributed by atoms with van der Waals surface area (Å²) >= 11 is 0. The molecule has 0 aromatic carbocycles. The number of nitrogens with zero attached hydrogens (tertiary/aromatic N) is 5. The van der Waals surface area contributed by atoms with Crippen molar-refractivity contribution in [1.82, 2.24) is 30.1 Å². The van der Waals surface area contributed by atoms with Crippen molar-refractivity contribution in [3.05, 3.63) is 30.6 Å². The van der Waals surface area contributed by atoms with Gasteiger partial charge in [-0.1, -0.05) is 5.16 Å². The molecule has 1 saturated heterocycles. The SMILES string of the molecule is c1cn2ncc(-c3nc(C4COCCN4)no3)c2cn1. The van der Waals surface area contributed by atoms with E-state index in [1.165, 1.54) is 0 Å². The molecule has 1 N–H and O–H groups in total. The lowest BCUT2D eigenvalue weighted by Crippen LogP contribution is -2.35. The van der Waals surface area contributed by atoms with E-state index in [-0.39, 0.29) is 6.04 Å². The maximum atomic E-state index is 5.40. The molecule has 0 radical (unpaired) electrons. The number of nitrogens with one attached hydrogen (secondary N) is 1. The molecular weight excluding hydrogens is 260 g/mol. The summed E-state index contributed by atoms with van der Waals surface area (Å²) in [5, 5.41) is 11.5. The van der Waals surface area contributed by atoms with Crippen LogP contribution in [0.25, 0.3) is 17.0 Å². The molecule has 4 heterocycles. The van der Waals surface area contributed by atoms with E-state index in [1.807, 2.05) is 0 Å². The highest BCUT2D eigenvalue weighted by molar-refractivity contribution is 5.73. The molecule has 1 aliphatic rings. The van der Waals surface area contributed by atoms with Crippen molar-refractivity contribution in [3.8, 4) is 11.5 Å². The van der Waals surface area contributed by atoms with Crippen molar-refractivity contribution in [2.24, 2.45) is 0 Å². The Labute approximate surface area is 113 Å². The Morgan fingerprint density at radius 1 is 1.35 bits per heavy atom. The number of fused-ring (bicyclic) bond motifs is 1. The van der Waals surface area contributed by atoms with E-state index in [1.54, 1.807) is 29.3 Å². The average molecular weight is 272 g/mol. The summed E-state index contributed by atoms with van der Waals surface area (Å²) in [5.41, 5.74) is 1.60. The van der Waals surface area contributed by atoms with Gasteiger partial charge in [0.05, 0.1) is 42.7 Å². The molecule has 20 heavy (non-hydrogen) atoms. The molecule has 1 fully saturated rings. The maximum absolute atomic E-state index is 5.40. The van der Waals surface area contributed by atoms with Crippen LogP contribution < -0.4 is 5.32 Å². The van der Waals surface area contributed by atoms with Gasteiger partial charge in [-0.05, 0) is 0 Å². The van der Waals surface area contributed by atoms with Crippen LogP contribution in [0.1, 0.15) is 11.9 Å². The van der Waals surface area contributed by atoms with Crippen LogP contribution in [0, 0.1) is 0 Å². The summed E-state index contributed by atoms with van der Waals surface area (Å²) in [5.74, 6) is 1.04. The van der Waals surface area contributed by atoms with Gasteiger partial charge >= 0.3 is 0 Å². The maximum Gasteiger partial charge on any atom is 0.261 e. The van der Waals surface area contributed by atoms with Gasteiger partial charge in [0.2, 0.25) is 0 Å². The number of aromatic nitrogens is 5. The van der Waals surface area contributed by atoms with Crippen LogP contribution in [0.4, 0.5) is 0 Å². The Morgan fingerprint density at radius 2 is 2.35 bits per heavy atom. The second-order valence-corrected chi connectivity index (χ2v) is 4.50. The Hall–Kier alpha value is -2.32. The summed E-state index contributed by atoms with van der Waals surface area (Å²) in [6.45, 7) is 2.05. The van der Waals surface area contributed by atoms with Crippen LogP contribution in [-0.2, 0) is 4.74 Å². The second-order valence-electron chi connectivity index (χ2n) is 4.50. The van der Waals surface area contributed by atoms with E-state index in [0.29, 0.717) is 24.9 Å². The van der Waals surface area contributed by atoms with Crippen LogP contribution in [0.3, 0.4) is 0 Å². The third-order valence-electron chi connectivity index (χ3n) is 3.23. The fourth-order valence-electron chi connectivity index (χ4n) is 2.22. The quantitative estimate of drug-likeness (QED) is 0.723. The molecule has 1 atom stereocenters. The first-order chi connectivity index (χ1) is 9.92. The molecule has 4 rings (SSSR count). The van der Waals surface area contributed by atoms with Crippen molar-refractivity contribution in [1.29, 1.82) is 0 Å². The van der Waals surface area contributed by atoms with Gasteiger partial charge in [-0.2, -0.15) is 10.1 Å². The van der Waals surface area contributed by atoms with E-state index >= 15 is 0 Å². The first kappa shape index (κ1) is 11.5. The summed E-state index contributed by atoms with van der Waals surface area (Å²) < 4.78 is 12.4. The van der Waals surface area contributed by atoms with E-state index < -0.39 is 0 Å². The van der Waals surface area contributed by atoms with Gasteiger partial charge in [0.15, 0.2) is 5.82 Å². The van der Waals surface area contributed by atoms with Gasteiger partial charge in [-0.25, -0.2) is 4.52 Å². The van der Waals surface area contributed by atoms with Gasteiger partial charge in [0.25, 0.3) is 5.89 Å². The molecule has 0 bridgehead atoms. The standard InChI is InChI=1S/C12H12N6O2/c1-3-18-10(6-13-1)8(5-15-18)12-16-11(17-20-12)9-7-19-4-2-14-9/h1,3,5-6,9,14H,2,4,7H2. The third kappa shape index (κ3) is 1.86. The fourth-order valence-corrected chi connectivity index (χ4v) is 2.22. The average Bonchev–Trinajstić information content (AvgIpc) is 3.14. The van der Waals surface area contributed by atoms with Crippen LogP contribution >= 0.6 is 0 Å². The summed E-state index contributed by atoms with van der Waals surface area (Å²) in [7, 11) is 0. The molecule has 0 amide bonds. The highest BCUT2D eigenvalue weighted by Gasteiger charge is 2.22. The lowest BCUT2D eigenvalue weighted by atomic mass is 10.2. The van der Waals surface area contributed by atoms with Crippen LogP contribution in [0.2, 0.25) is 0 Å². The minimum Gasteiger partial charge on any atom is -0.378 e. The Morgan fingerprint density at radius 3 is 3.25 bits per heavy atom. The Kier molecular flexibility index (Phi) is 2.68. The molecule has 1 aliphatic heterocycles. The molecule has 3 aromatic heterocycles. The largest absolute Gasteiger partial charge is 0.378 e. The van der Waals surface area contributed by atoms with Crippen LogP contribution in [-0.4, -0.2) is 44.5 Å². The highest BCUT2D eigenvalue weighted by atomic mass is 16.5. The topological polar surface area (TPSA) is 90.4 Å². The van der Waals surface area contributed by atoms with E-state index in [2.05, 4.69) is 25.5 Å². The minimum atomic E-state index is -0.0267. The summed E-state index contributed by atoms with van der Waals surface area (Å²) in [6, 6.07) is -0.0267. The smallest absolute Gasteiger partial charge is 0.261 e. The van der Waals surface area contributed by atoms with Gasteiger partial charge in [-0.15, -0.1) is 0 Å². The van der Waals surface area contributed by atoms with Crippen molar-refractivity contribution in [2.75, 3.05) is 19.8 Å². The van der Waals surface area contributed by atoms with E-state index in [9.17, 15) is 0 Å². The first-order valence-corrected chi connectivity index (χ1v) is 6.34. The Bertz CT molecular complexity index is 730. The normalized spacial score (nSPS) is 19.5.